The molecule has 1 aliphatic heterocycles. The molecular weight excluding hydrogens is 190 g/mol. The van der Waals surface area contributed by atoms with E-state index in [0.29, 0.717) is 0 Å². The second-order valence-corrected chi connectivity index (χ2v) is 4.97. The van der Waals surface area contributed by atoms with Gasteiger partial charge in [0.1, 0.15) is 0 Å². The van der Waals surface area contributed by atoms with Gasteiger partial charge in [0.25, 0.3) is 0 Å². The van der Waals surface area contributed by atoms with Crippen molar-refractivity contribution in [1.29, 1.82) is 0 Å². The zero-order valence-electron chi connectivity index (χ0n) is 8.84. The fraction of sp³-hybridized carbons (Fsp3) is 0.500. The largest absolute Gasteiger partial charge is 0.308 e. The van der Waals surface area contributed by atoms with Gasteiger partial charge in [0.05, 0.1) is 0 Å². The third kappa shape index (κ3) is 1.82. The van der Waals surface area contributed by atoms with E-state index in [1.54, 1.807) is 11.8 Å². The molecule has 1 heterocycles. The van der Waals surface area contributed by atoms with Gasteiger partial charge in [-0.25, -0.2) is 0 Å². The molecule has 0 saturated carbocycles. The number of thioether (sulfide) groups is 1. The van der Waals surface area contributed by atoms with Gasteiger partial charge < -0.3 is 5.32 Å². The Labute approximate surface area is 90.3 Å². The van der Waals surface area contributed by atoms with Crippen molar-refractivity contribution in [2.45, 2.75) is 30.2 Å². The summed E-state index contributed by atoms with van der Waals surface area (Å²) in [5.74, 6) is 0. The van der Waals surface area contributed by atoms with Gasteiger partial charge in [-0.15, -0.1) is 11.8 Å². The summed E-state index contributed by atoms with van der Waals surface area (Å²) in [6.45, 7) is 3.45. The van der Waals surface area contributed by atoms with Crippen molar-refractivity contribution in [1.82, 2.24) is 5.32 Å². The molecule has 0 bridgehead atoms. The number of hydrogen-bond donors (Lipinski definition) is 1. The van der Waals surface area contributed by atoms with E-state index in [1.807, 2.05) is 0 Å². The molecule has 0 aromatic heterocycles. The van der Waals surface area contributed by atoms with Gasteiger partial charge in [-0.1, -0.05) is 12.1 Å². The lowest BCUT2D eigenvalue weighted by atomic mass is 9.91. The van der Waals surface area contributed by atoms with Crippen molar-refractivity contribution < 1.29 is 0 Å². The molecule has 1 aromatic carbocycles. The van der Waals surface area contributed by atoms with Crippen LogP contribution in [0.3, 0.4) is 0 Å². The zero-order valence-corrected chi connectivity index (χ0v) is 9.66. The van der Waals surface area contributed by atoms with E-state index in [4.69, 9.17) is 0 Å². The highest BCUT2D eigenvalue weighted by atomic mass is 32.2. The second kappa shape index (κ2) is 3.95. The fourth-order valence-electron chi connectivity index (χ4n) is 2.10. The number of nitrogens with one attached hydrogen (secondary N) is 1. The van der Waals surface area contributed by atoms with Gasteiger partial charge >= 0.3 is 0 Å². The highest BCUT2D eigenvalue weighted by Crippen LogP contribution is 2.31. The molecule has 1 aliphatic rings. The van der Waals surface area contributed by atoms with Gasteiger partial charge in [0, 0.05) is 10.4 Å². The number of benzene rings is 1. The maximum Gasteiger partial charge on any atom is 0.0406 e. The molecule has 1 nitrogen and oxygen atoms in total. The maximum absolute atomic E-state index is 3.58. The Balaban J connectivity index is 2.23. The summed E-state index contributed by atoms with van der Waals surface area (Å²) < 4.78 is 0. The van der Waals surface area contributed by atoms with Gasteiger partial charge in [0.15, 0.2) is 0 Å². The van der Waals surface area contributed by atoms with Crippen LogP contribution in [0.15, 0.2) is 29.2 Å². The Hall–Kier alpha value is -0.470. The molecule has 14 heavy (non-hydrogen) atoms. The highest BCUT2D eigenvalue weighted by molar-refractivity contribution is 7.98. The minimum absolute atomic E-state index is 0.219. The molecule has 1 unspecified atom stereocenters. The SMILES string of the molecule is CSc1ccc(C2(C)CCCN2)cc1. The van der Waals surface area contributed by atoms with Crippen LogP contribution in [0.5, 0.6) is 0 Å². The van der Waals surface area contributed by atoms with Gasteiger partial charge in [-0.2, -0.15) is 0 Å². The van der Waals surface area contributed by atoms with E-state index in [2.05, 4.69) is 42.8 Å². The molecule has 2 heteroatoms. The molecule has 76 valence electrons. The Morgan fingerprint density at radius 2 is 2.00 bits per heavy atom. The average molecular weight is 207 g/mol. The lowest BCUT2D eigenvalue weighted by Crippen LogP contribution is -2.32. The van der Waals surface area contributed by atoms with Crippen molar-refractivity contribution in [3.63, 3.8) is 0 Å². The summed E-state index contributed by atoms with van der Waals surface area (Å²) >= 11 is 1.80. The molecule has 0 radical (unpaired) electrons. The van der Waals surface area contributed by atoms with Crippen LogP contribution in [-0.2, 0) is 5.54 Å². The molecule has 1 fully saturated rings. The standard InChI is InChI=1S/C12H17NS/c1-12(8-3-9-13-12)10-4-6-11(14-2)7-5-10/h4-7,13H,3,8-9H2,1-2H3. The van der Waals surface area contributed by atoms with Crippen LogP contribution in [0, 0.1) is 0 Å². The number of rotatable bonds is 2. The van der Waals surface area contributed by atoms with E-state index in [1.165, 1.54) is 23.3 Å². The molecule has 0 amide bonds. The summed E-state index contributed by atoms with van der Waals surface area (Å²) in [6.07, 6.45) is 4.66. The lowest BCUT2D eigenvalue weighted by molar-refractivity contribution is 0.434. The van der Waals surface area contributed by atoms with Crippen LogP contribution in [0.2, 0.25) is 0 Å². The summed E-state index contributed by atoms with van der Waals surface area (Å²) in [5, 5.41) is 3.58. The van der Waals surface area contributed by atoms with Crippen molar-refractivity contribution in [3.05, 3.63) is 29.8 Å². The molecule has 0 spiro atoms. The quantitative estimate of drug-likeness (QED) is 0.748. The van der Waals surface area contributed by atoms with Crippen LogP contribution < -0.4 is 5.32 Å². The highest BCUT2D eigenvalue weighted by Gasteiger charge is 2.29. The van der Waals surface area contributed by atoms with Crippen molar-refractivity contribution in [2.24, 2.45) is 0 Å². The predicted octanol–water partition coefficient (Wildman–Crippen LogP) is 3.01. The summed E-state index contributed by atoms with van der Waals surface area (Å²) in [5.41, 5.74) is 1.64. The van der Waals surface area contributed by atoms with Crippen LogP contribution in [0.4, 0.5) is 0 Å². The van der Waals surface area contributed by atoms with Gasteiger partial charge in [-0.05, 0) is 50.3 Å². The lowest BCUT2D eigenvalue weighted by Gasteiger charge is -2.25. The summed E-state index contributed by atoms with van der Waals surface area (Å²) in [4.78, 5) is 1.34. The maximum atomic E-state index is 3.58. The number of hydrogen-bond acceptors (Lipinski definition) is 2. The first-order chi connectivity index (χ1) is 6.74. The third-order valence-corrected chi connectivity index (χ3v) is 3.84. The van der Waals surface area contributed by atoms with Crippen LogP contribution in [0.1, 0.15) is 25.3 Å². The van der Waals surface area contributed by atoms with E-state index in [0.717, 1.165) is 6.54 Å². The Kier molecular flexibility index (Phi) is 2.84. The average Bonchev–Trinajstić information content (AvgIpc) is 2.67. The topological polar surface area (TPSA) is 12.0 Å². The van der Waals surface area contributed by atoms with Crippen LogP contribution in [0.25, 0.3) is 0 Å². The third-order valence-electron chi connectivity index (χ3n) is 3.10. The van der Waals surface area contributed by atoms with E-state index in [9.17, 15) is 0 Å². The van der Waals surface area contributed by atoms with Crippen LogP contribution in [-0.4, -0.2) is 12.8 Å². The minimum Gasteiger partial charge on any atom is -0.308 e. The van der Waals surface area contributed by atoms with Crippen molar-refractivity contribution >= 4 is 11.8 Å². The second-order valence-electron chi connectivity index (χ2n) is 4.09. The smallest absolute Gasteiger partial charge is 0.0406 e. The molecule has 1 aromatic rings. The fourth-order valence-corrected chi connectivity index (χ4v) is 2.51. The molecule has 0 aliphatic carbocycles. The Bertz CT molecular complexity index is 299. The molecule has 1 N–H and O–H groups in total. The van der Waals surface area contributed by atoms with Gasteiger partial charge in [0.2, 0.25) is 0 Å². The molecular formula is C12H17NS. The first kappa shape index (κ1) is 10.1. The molecule has 1 atom stereocenters. The summed E-state index contributed by atoms with van der Waals surface area (Å²) in [7, 11) is 0. The summed E-state index contributed by atoms with van der Waals surface area (Å²) in [6, 6.07) is 8.94. The minimum atomic E-state index is 0.219. The Morgan fingerprint density at radius 3 is 2.50 bits per heavy atom. The van der Waals surface area contributed by atoms with E-state index < -0.39 is 0 Å². The first-order valence-corrected chi connectivity index (χ1v) is 6.37. The molecule has 1 saturated heterocycles. The Morgan fingerprint density at radius 1 is 1.29 bits per heavy atom. The normalized spacial score (nSPS) is 26.7. The first-order valence-electron chi connectivity index (χ1n) is 5.14. The zero-order chi connectivity index (χ0) is 10.0. The molecule has 2 rings (SSSR count). The van der Waals surface area contributed by atoms with Gasteiger partial charge in [-0.3, -0.25) is 0 Å². The van der Waals surface area contributed by atoms with Crippen LogP contribution >= 0.6 is 11.8 Å². The monoisotopic (exact) mass is 207 g/mol. The van der Waals surface area contributed by atoms with E-state index >= 15 is 0 Å². The van der Waals surface area contributed by atoms with E-state index in [-0.39, 0.29) is 5.54 Å². The predicted molar refractivity (Wildman–Crippen MR) is 62.8 cm³/mol. The van der Waals surface area contributed by atoms with Crippen molar-refractivity contribution in [2.75, 3.05) is 12.8 Å². The van der Waals surface area contributed by atoms with Crippen molar-refractivity contribution in [3.8, 4) is 0 Å².